The Bertz CT molecular complexity index is 863. The number of halogens is 1. The van der Waals surface area contributed by atoms with Crippen molar-refractivity contribution >= 4 is 49.8 Å². The van der Waals surface area contributed by atoms with Crippen LogP contribution in [0.1, 0.15) is 17.4 Å². The lowest BCUT2D eigenvalue weighted by Crippen LogP contribution is -2.51. The van der Waals surface area contributed by atoms with Crippen LogP contribution in [0.4, 0.5) is 0 Å². The number of nitrogens with one attached hydrogen (secondary N) is 1. The zero-order valence-corrected chi connectivity index (χ0v) is 14.4. The largest absolute Gasteiger partial charge is 0.334 e. The maximum absolute atomic E-state index is 12.7. The summed E-state index contributed by atoms with van der Waals surface area (Å²) >= 11 is 1.72. The van der Waals surface area contributed by atoms with Crippen LogP contribution >= 0.6 is 23.7 Å². The van der Waals surface area contributed by atoms with Gasteiger partial charge in [0.2, 0.25) is 0 Å². The average molecular weight is 348 g/mol. The van der Waals surface area contributed by atoms with Crippen molar-refractivity contribution in [2.24, 2.45) is 0 Å². The molecule has 0 radical (unpaired) electrons. The zero-order chi connectivity index (χ0) is 15.1. The third-order valence-electron chi connectivity index (χ3n) is 4.14. The van der Waals surface area contributed by atoms with E-state index in [4.69, 9.17) is 0 Å². The van der Waals surface area contributed by atoms with Crippen molar-refractivity contribution in [3.05, 3.63) is 42.2 Å². The molecule has 1 aliphatic rings. The van der Waals surface area contributed by atoms with Crippen LogP contribution in [0.5, 0.6) is 0 Å². The van der Waals surface area contributed by atoms with E-state index in [1.807, 2.05) is 29.3 Å². The SMILES string of the molecule is CC1CN(C(=O)c2cc3c(cn2)sc2ccccc23)CCN1.Cl. The summed E-state index contributed by atoms with van der Waals surface area (Å²) in [5.74, 6) is 0.0329. The molecule has 0 aliphatic carbocycles. The van der Waals surface area contributed by atoms with Crippen molar-refractivity contribution in [3.8, 4) is 0 Å². The number of aromatic nitrogens is 1. The molecule has 3 heterocycles. The van der Waals surface area contributed by atoms with Gasteiger partial charge in [0.1, 0.15) is 5.69 Å². The fourth-order valence-corrected chi connectivity index (χ4v) is 4.08. The Balaban J connectivity index is 0.00000156. The van der Waals surface area contributed by atoms with E-state index < -0.39 is 0 Å². The molecule has 1 atom stereocenters. The van der Waals surface area contributed by atoms with E-state index in [0.717, 1.165) is 29.7 Å². The highest BCUT2D eigenvalue weighted by Gasteiger charge is 2.23. The standard InChI is InChI=1S/C17H17N3OS.ClH/c1-11-10-20(7-6-18-11)17(21)14-8-13-12-4-2-3-5-15(12)22-16(13)9-19-14;/h2-5,8-9,11,18H,6-7,10H2,1H3;1H. The Morgan fingerprint density at radius 3 is 2.96 bits per heavy atom. The van der Waals surface area contributed by atoms with E-state index in [1.54, 1.807) is 11.3 Å². The second kappa shape index (κ2) is 6.43. The fraction of sp³-hybridized carbons (Fsp3) is 0.294. The lowest BCUT2D eigenvalue weighted by Gasteiger charge is -2.31. The average Bonchev–Trinajstić information content (AvgIpc) is 2.92. The molecule has 1 aliphatic heterocycles. The van der Waals surface area contributed by atoms with Crippen LogP contribution in [-0.2, 0) is 0 Å². The molecule has 0 bridgehead atoms. The van der Waals surface area contributed by atoms with Crippen molar-refractivity contribution in [1.29, 1.82) is 0 Å². The number of benzene rings is 1. The van der Waals surface area contributed by atoms with Gasteiger partial charge in [-0.2, -0.15) is 0 Å². The Labute approximate surface area is 144 Å². The number of amides is 1. The van der Waals surface area contributed by atoms with Gasteiger partial charge in [-0.15, -0.1) is 23.7 Å². The predicted octanol–water partition coefficient (Wildman–Crippen LogP) is 3.31. The maximum Gasteiger partial charge on any atom is 0.272 e. The molecule has 4 nitrogen and oxygen atoms in total. The van der Waals surface area contributed by atoms with Crippen LogP contribution in [0.2, 0.25) is 0 Å². The molecular weight excluding hydrogens is 330 g/mol. The van der Waals surface area contributed by atoms with Crippen molar-refractivity contribution in [1.82, 2.24) is 15.2 Å². The first kappa shape index (κ1) is 16.2. The number of carbonyl (C=O) groups is 1. The summed E-state index contributed by atoms with van der Waals surface area (Å²) in [6, 6.07) is 10.6. The number of piperazine rings is 1. The molecule has 1 aromatic carbocycles. The minimum atomic E-state index is 0. The first-order valence-corrected chi connectivity index (χ1v) is 8.34. The highest BCUT2D eigenvalue weighted by molar-refractivity contribution is 7.25. The smallest absolute Gasteiger partial charge is 0.272 e. The van der Waals surface area contributed by atoms with Crippen molar-refractivity contribution < 1.29 is 4.79 Å². The Kier molecular flexibility index (Phi) is 4.53. The monoisotopic (exact) mass is 347 g/mol. The van der Waals surface area contributed by atoms with Gasteiger partial charge in [0, 0.05) is 47.3 Å². The van der Waals surface area contributed by atoms with Crippen LogP contribution in [0.25, 0.3) is 20.2 Å². The summed E-state index contributed by atoms with van der Waals surface area (Å²) in [4.78, 5) is 19.0. The Morgan fingerprint density at radius 2 is 2.13 bits per heavy atom. The first-order chi connectivity index (χ1) is 10.7. The van der Waals surface area contributed by atoms with Gasteiger partial charge in [-0.3, -0.25) is 4.79 Å². The number of carbonyl (C=O) groups excluding carboxylic acids is 1. The molecule has 6 heteroatoms. The van der Waals surface area contributed by atoms with E-state index in [9.17, 15) is 4.79 Å². The number of thiophene rings is 1. The van der Waals surface area contributed by atoms with Gasteiger partial charge >= 0.3 is 0 Å². The van der Waals surface area contributed by atoms with E-state index in [1.165, 1.54) is 10.1 Å². The molecule has 1 fully saturated rings. The third kappa shape index (κ3) is 2.92. The van der Waals surface area contributed by atoms with Gasteiger partial charge in [-0.25, -0.2) is 4.98 Å². The number of nitrogens with zero attached hydrogens (tertiary/aromatic N) is 2. The van der Waals surface area contributed by atoms with Gasteiger partial charge in [-0.1, -0.05) is 18.2 Å². The van der Waals surface area contributed by atoms with Gasteiger partial charge in [0.15, 0.2) is 0 Å². The number of rotatable bonds is 1. The van der Waals surface area contributed by atoms with Crippen molar-refractivity contribution in [2.75, 3.05) is 19.6 Å². The third-order valence-corrected chi connectivity index (χ3v) is 5.26. The van der Waals surface area contributed by atoms with Crippen molar-refractivity contribution in [3.63, 3.8) is 0 Å². The molecule has 1 saturated heterocycles. The van der Waals surface area contributed by atoms with Gasteiger partial charge in [-0.05, 0) is 19.1 Å². The summed E-state index contributed by atoms with van der Waals surface area (Å²) in [7, 11) is 0. The lowest BCUT2D eigenvalue weighted by atomic mass is 10.1. The van der Waals surface area contributed by atoms with Gasteiger partial charge < -0.3 is 10.2 Å². The van der Waals surface area contributed by atoms with Crippen LogP contribution in [-0.4, -0.2) is 41.5 Å². The zero-order valence-electron chi connectivity index (χ0n) is 12.8. The Morgan fingerprint density at radius 1 is 1.30 bits per heavy atom. The van der Waals surface area contributed by atoms with Crippen LogP contribution in [0, 0.1) is 0 Å². The molecule has 0 saturated carbocycles. The predicted molar refractivity (Wildman–Crippen MR) is 97.7 cm³/mol. The second-order valence-corrected chi connectivity index (χ2v) is 6.85. The second-order valence-electron chi connectivity index (χ2n) is 5.77. The molecule has 4 rings (SSSR count). The topological polar surface area (TPSA) is 45.2 Å². The maximum atomic E-state index is 12.7. The number of hydrogen-bond donors (Lipinski definition) is 1. The highest BCUT2D eigenvalue weighted by atomic mass is 35.5. The summed E-state index contributed by atoms with van der Waals surface area (Å²) in [5, 5.41) is 5.68. The van der Waals surface area contributed by atoms with E-state index in [0.29, 0.717) is 11.7 Å². The molecule has 0 spiro atoms. The van der Waals surface area contributed by atoms with Gasteiger partial charge in [0.05, 0.1) is 4.70 Å². The number of hydrogen-bond acceptors (Lipinski definition) is 4. The molecule has 1 amide bonds. The summed E-state index contributed by atoms with van der Waals surface area (Å²) in [6.07, 6.45) is 1.83. The summed E-state index contributed by atoms with van der Waals surface area (Å²) in [5.41, 5.74) is 0.546. The van der Waals surface area contributed by atoms with Crippen LogP contribution in [0.3, 0.4) is 0 Å². The molecule has 3 aromatic rings. The van der Waals surface area contributed by atoms with E-state index in [-0.39, 0.29) is 18.3 Å². The van der Waals surface area contributed by atoms with Crippen LogP contribution in [0.15, 0.2) is 36.5 Å². The normalized spacial score (nSPS) is 18.1. The van der Waals surface area contributed by atoms with Crippen molar-refractivity contribution in [2.45, 2.75) is 13.0 Å². The quantitative estimate of drug-likeness (QED) is 0.734. The molecule has 120 valence electrons. The molecule has 23 heavy (non-hydrogen) atoms. The van der Waals surface area contributed by atoms with E-state index >= 15 is 0 Å². The minimum absolute atomic E-state index is 0. The number of pyridine rings is 1. The van der Waals surface area contributed by atoms with Gasteiger partial charge in [0.25, 0.3) is 5.91 Å². The van der Waals surface area contributed by atoms with Crippen LogP contribution < -0.4 is 5.32 Å². The number of fused-ring (bicyclic) bond motifs is 3. The molecule has 1 unspecified atom stereocenters. The molecule has 2 aromatic heterocycles. The molecular formula is C17H18ClN3OS. The lowest BCUT2D eigenvalue weighted by molar-refractivity contribution is 0.0703. The summed E-state index contributed by atoms with van der Waals surface area (Å²) in [6.45, 7) is 4.43. The summed E-state index contributed by atoms with van der Waals surface area (Å²) < 4.78 is 2.37. The fourth-order valence-electron chi connectivity index (χ4n) is 3.03. The minimum Gasteiger partial charge on any atom is -0.334 e. The Hall–Kier alpha value is -1.69. The first-order valence-electron chi connectivity index (χ1n) is 7.52. The molecule has 1 N–H and O–H groups in total. The van der Waals surface area contributed by atoms with E-state index in [2.05, 4.69) is 29.4 Å². The highest BCUT2D eigenvalue weighted by Crippen LogP contribution is 2.33.